The van der Waals surface area contributed by atoms with Crippen LogP contribution >= 0.6 is 0 Å². The molecule has 0 bridgehead atoms. The molecule has 0 saturated carbocycles. The first-order valence-corrected chi connectivity index (χ1v) is 12.7. The Balaban J connectivity index is 1.52. The Hall–Kier alpha value is -3.73. The van der Waals surface area contributed by atoms with Crippen molar-refractivity contribution in [3.63, 3.8) is 0 Å². The van der Waals surface area contributed by atoms with Crippen molar-refractivity contribution < 1.29 is 31.5 Å². The third-order valence-corrected chi connectivity index (χ3v) is 7.79. The molecule has 1 aromatic heterocycles. The van der Waals surface area contributed by atoms with Gasteiger partial charge in [-0.3, -0.25) is 4.79 Å². The Morgan fingerprint density at radius 1 is 1.03 bits per heavy atom. The van der Waals surface area contributed by atoms with Crippen LogP contribution in [0.5, 0.6) is 11.5 Å². The predicted octanol–water partition coefficient (Wildman–Crippen LogP) is 4.95. The van der Waals surface area contributed by atoms with Crippen LogP contribution in [0.2, 0.25) is 0 Å². The fourth-order valence-corrected chi connectivity index (χ4v) is 5.43. The second-order valence-corrected chi connectivity index (χ2v) is 10.2. The first-order valence-electron chi connectivity index (χ1n) is 11.3. The number of carbonyl (C=O) groups excluding carboxylic acids is 1. The van der Waals surface area contributed by atoms with Crippen LogP contribution in [-0.4, -0.2) is 44.9 Å². The molecule has 1 amide bonds. The topological polar surface area (TPSA) is 98.1 Å². The van der Waals surface area contributed by atoms with E-state index in [0.717, 1.165) is 5.39 Å². The van der Waals surface area contributed by atoms with Crippen LogP contribution in [0.15, 0.2) is 76.0 Å². The van der Waals surface area contributed by atoms with Crippen molar-refractivity contribution in [2.75, 3.05) is 31.6 Å². The summed E-state index contributed by atoms with van der Waals surface area (Å²) in [4.78, 5) is 13.2. The van der Waals surface area contributed by atoms with Crippen molar-refractivity contribution in [3.05, 3.63) is 83.9 Å². The van der Waals surface area contributed by atoms with Gasteiger partial charge in [0.05, 0.1) is 23.8 Å². The molecule has 10 heteroatoms. The van der Waals surface area contributed by atoms with E-state index >= 15 is 0 Å². The van der Waals surface area contributed by atoms with Crippen molar-refractivity contribution in [3.8, 4) is 11.5 Å². The van der Waals surface area contributed by atoms with Crippen LogP contribution in [0.4, 0.5) is 10.1 Å². The third-order valence-electron chi connectivity index (χ3n) is 5.90. The highest BCUT2D eigenvalue weighted by atomic mass is 32.2. The lowest BCUT2D eigenvalue weighted by atomic mass is 10.1. The maximum absolute atomic E-state index is 13.3. The fourth-order valence-electron chi connectivity index (χ4n) is 3.99. The molecule has 36 heavy (non-hydrogen) atoms. The highest BCUT2D eigenvalue weighted by Gasteiger charge is 2.28. The molecule has 2 heterocycles. The van der Waals surface area contributed by atoms with Gasteiger partial charge in [-0.05, 0) is 55.5 Å². The zero-order valence-electron chi connectivity index (χ0n) is 19.4. The molecule has 1 N–H and O–H groups in total. The monoisotopic (exact) mass is 510 g/mol. The number of nitrogens with one attached hydrogen (secondary N) is 1. The second-order valence-electron chi connectivity index (χ2n) is 8.24. The molecule has 1 aliphatic heterocycles. The fraction of sp³-hybridized carbons (Fsp3) is 0.192. The molecule has 5 rings (SSSR count). The van der Waals surface area contributed by atoms with Gasteiger partial charge in [-0.2, -0.15) is 4.31 Å². The normalized spacial score (nSPS) is 14.6. The van der Waals surface area contributed by atoms with Gasteiger partial charge >= 0.3 is 0 Å². The van der Waals surface area contributed by atoms with Crippen LogP contribution in [-0.2, 0) is 14.8 Å². The molecule has 0 aliphatic carbocycles. The van der Waals surface area contributed by atoms with E-state index in [1.807, 2.05) is 18.2 Å². The molecule has 0 unspecified atom stereocenters. The summed E-state index contributed by atoms with van der Waals surface area (Å²) in [6, 6.07) is 16.8. The number of para-hydroxylation sites is 1. The summed E-state index contributed by atoms with van der Waals surface area (Å²) in [5, 5.41) is 3.54. The zero-order chi connectivity index (χ0) is 25.3. The average Bonchev–Trinajstić information content (AvgIpc) is 3.23. The maximum Gasteiger partial charge on any atom is 0.291 e. The number of furan rings is 1. The standard InChI is InChI=1S/C26H23FN2O6S/c1-17-21-4-2-3-5-23(21)35-25(17)26(30)28-22-16-20(36(31,32)29-12-14-33-15-13-29)10-11-24(22)34-19-8-6-18(27)7-9-19/h2-11,16H,12-15H2,1H3,(H,28,30). The second kappa shape index (κ2) is 9.73. The SMILES string of the molecule is Cc1c(C(=O)Nc2cc(S(=O)(=O)N3CCOCC3)ccc2Oc2ccc(F)cc2)oc2ccccc12. The van der Waals surface area contributed by atoms with Gasteiger partial charge in [-0.1, -0.05) is 18.2 Å². The lowest BCUT2D eigenvalue weighted by molar-refractivity contribution is 0.0730. The summed E-state index contributed by atoms with van der Waals surface area (Å²) >= 11 is 0. The molecule has 1 aliphatic rings. The Bertz CT molecular complexity index is 1530. The largest absolute Gasteiger partial charge is 0.455 e. The molecule has 8 nitrogen and oxygen atoms in total. The van der Waals surface area contributed by atoms with Gasteiger partial charge in [0.2, 0.25) is 10.0 Å². The molecule has 0 spiro atoms. The van der Waals surface area contributed by atoms with Gasteiger partial charge in [-0.15, -0.1) is 0 Å². The minimum atomic E-state index is -3.84. The Kier molecular flexibility index (Phi) is 6.48. The lowest BCUT2D eigenvalue weighted by Gasteiger charge is -2.26. The van der Waals surface area contributed by atoms with Crippen LogP contribution in [0.25, 0.3) is 11.0 Å². The number of amides is 1. The summed E-state index contributed by atoms with van der Waals surface area (Å²) in [5.41, 5.74) is 1.34. The van der Waals surface area contributed by atoms with Gasteiger partial charge in [0.25, 0.3) is 5.91 Å². The first-order chi connectivity index (χ1) is 17.3. The predicted molar refractivity (Wildman–Crippen MR) is 131 cm³/mol. The van der Waals surface area contributed by atoms with E-state index in [-0.39, 0.29) is 35.2 Å². The van der Waals surface area contributed by atoms with Gasteiger partial charge in [0.15, 0.2) is 11.5 Å². The molecular formula is C26H23FN2O6S. The molecule has 186 valence electrons. The minimum absolute atomic E-state index is 0.00696. The van der Waals surface area contributed by atoms with Crippen molar-refractivity contribution in [1.82, 2.24) is 4.31 Å². The van der Waals surface area contributed by atoms with Gasteiger partial charge < -0.3 is 19.2 Å². The molecule has 4 aromatic rings. The molecule has 0 atom stereocenters. The van der Waals surface area contributed by atoms with E-state index in [0.29, 0.717) is 30.1 Å². The number of benzene rings is 3. The van der Waals surface area contributed by atoms with Crippen molar-refractivity contribution in [2.24, 2.45) is 0 Å². The Labute approximate surface area is 207 Å². The van der Waals surface area contributed by atoms with Crippen LogP contribution in [0.1, 0.15) is 16.1 Å². The summed E-state index contributed by atoms with van der Waals surface area (Å²) in [7, 11) is -3.84. The number of nitrogens with zero attached hydrogens (tertiary/aromatic N) is 1. The summed E-state index contributed by atoms with van der Waals surface area (Å²) in [6.45, 7) is 2.85. The number of rotatable bonds is 6. The van der Waals surface area contributed by atoms with Crippen molar-refractivity contribution in [2.45, 2.75) is 11.8 Å². The smallest absolute Gasteiger partial charge is 0.291 e. The zero-order valence-corrected chi connectivity index (χ0v) is 20.2. The summed E-state index contributed by atoms with van der Waals surface area (Å²) in [5.74, 6) is -0.387. The molecule has 3 aromatic carbocycles. The lowest BCUT2D eigenvalue weighted by Crippen LogP contribution is -2.40. The highest BCUT2D eigenvalue weighted by Crippen LogP contribution is 2.34. The quantitative estimate of drug-likeness (QED) is 0.394. The number of halogens is 1. The number of hydrogen-bond acceptors (Lipinski definition) is 6. The number of sulfonamides is 1. The molecule has 1 saturated heterocycles. The van der Waals surface area contributed by atoms with Crippen LogP contribution in [0, 0.1) is 12.7 Å². The van der Waals surface area contributed by atoms with E-state index in [1.54, 1.807) is 13.0 Å². The number of fused-ring (bicyclic) bond motifs is 1. The van der Waals surface area contributed by atoms with Crippen LogP contribution in [0.3, 0.4) is 0 Å². The Morgan fingerprint density at radius 3 is 2.47 bits per heavy atom. The van der Waals surface area contributed by atoms with E-state index in [2.05, 4.69) is 5.32 Å². The summed E-state index contributed by atoms with van der Waals surface area (Å²) in [6.07, 6.45) is 0. The number of morpholine rings is 1. The average molecular weight is 511 g/mol. The Morgan fingerprint density at radius 2 is 1.75 bits per heavy atom. The molecular weight excluding hydrogens is 487 g/mol. The highest BCUT2D eigenvalue weighted by molar-refractivity contribution is 7.89. The van der Waals surface area contributed by atoms with Crippen molar-refractivity contribution >= 4 is 32.6 Å². The van der Waals surface area contributed by atoms with Crippen LogP contribution < -0.4 is 10.1 Å². The maximum atomic E-state index is 13.3. The number of aryl methyl sites for hydroxylation is 1. The van der Waals surface area contributed by atoms with E-state index in [1.165, 1.54) is 46.8 Å². The third kappa shape index (κ3) is 4.70. The van der Waals surface area contributed by atoms with E-state index in [9.17, 15) is 17.6 Å². The first kappa shape index (κ1) is 24.0. The number of ether oxygens (including phenoxy) is 2. The van der Waals surface area contributed by atoms with Gasteiger partial charge in [0.1, 0.15) is 17.1 Å². The van der Waals surface area contributed by atoms with E-state index in [4.69, 9.17) is 13.9 Å². The molecule has 0 radical (unpaired) electrons. The van der Waals surface area contributed by atoms with E-state index < -0.39 is 21.7 Å². The minimum Gasteiger partial charge on any atom is -0.455 e. The van der Waals surface area contributed by atoms with Gasteiger partial charge in [-0.25, -0.2) is 12.8 Å². The van der Waals surface area contributed by atoms with Gasteiger partial charge in [0, 0.05) is 24.0 Å². The van der Waals surface area contributed by atoms with Crippen molar-refractivity contribution in [1.29, 1.82) is 0 Å². The number of anilines is 1. The number of hydrogen-bond donors (Lipinski definition) is 1. The summed E-state index contributed by atoms with van der Waals surface area (Å²) < 4.78 is 58.0. The number of carbonyl (C=O) groups is 1. The molecule has 1 fully saturated rings.